The molecule has 0 unspecified atom stereocenters. The fraction of sp³-hybridized carbons (Fsp3) is 0.368. The number of ether oxygens (including phenoxy) is 2. The molecule has 6 nitrogen and oxygen atoms in total. The average Bonchev–Trinajstić information content (AvgIpc) is 2.66. The maximum absolute atomic E-state index is 5.72. The second-order valence-corrected chi connectivity index (χ2v) is 5.29. The fourth-order valence-electron chi connectivity index (χ4n) is 2.20. The number of nitrogens with zero attached hydrogens (tertiary/aromatic N) is 2. The second-order valence-electron chi connectivity index (χ2n) is 5.29. The Morgan fingerprint density at radius 3 is 2.76 bits per heavy atom. The Bertz CT molecular complexity index is 647. The van der Waals surface area contributed by atoms with Crippen LogP contribution >= 0.6 is 0 Å². The van der Waals surface area contributed by atoms with Gasteiger partial charge in [-0.15, -0.1) is 0 Å². The van der Waals surface area contributed by atoms with E-state index in [2.05, 4.69) is 20.6 Å². The molecule has 2 aromatic rings. The zero-order valence-corrected chi connectivity index (χ0v) is 14.9. The van der Waals surface area contributed by atoms with Gasteiger partial charge >= 0.3 is 0 Å². The predicted molar refractivity (Wildman–Crippen MR) is 100 cm³/mol. The van der Waals surface area contributed by atoms with Gasteiger partial charge in [0.25, 0.3) is 0 Å². The molecule has 2 N–H and O–H groups in total. The fourth-order valence-corrected chi connectivity index (χ4v) is 2.20. The summed E-state index contributed by atoms with van der Waals surface area (Å²) in [6.45, 7) is 4.74. The van der Waals surface area contributed by atoms with E-state index in [1.54, 1.807) is 13.3 Å². The largest absolute Gasteiger partial charge is 0.497 e. The lowest BCUT2D eigenvalue weighted by Gasteiger charge is -2.12. The molecule has 0 aliphatic heterocycles. The van der Waals surface area contributed by atoms with Crippen molar-refractivity contribution in [2.24, 2.45) is 4.99 Å². The molecule has 0 saturated heterocycles. The van der Waals surface area contributed by atoms with Crippen molar-refractivity contribution >= 4 is 5.96 Å². The molecule has 0 radical (unpaired) electrons. The summed E-state index contributed by atoms with van der Waals surface area (Å²) in [5.74, 6) is 2.36. The SMILES string of the molecule is CCNC(=NCCc1ccccn1)NCCOc1cccc(OC)c1. The van der Waals surface area contributed by atoms with Gasteiger partial charge in [0, 0.05) is 37.5 Å². The van der Waals surface area contributed by atoms with E-state index >= 15 is 0 Å². The lowest BCUT2D eigenvalue weighted by Crippen LogP contribution is -2.39. The quantitative estimate of drug-likeness (QED) is 0.416. The highest BCUT2D eigenvalue weighted by Crippen LogP contribution is 2.18. The summed E-state index contributed by atoms with van der Waals surface area (Å²) in [6.07, 6.45) is 2.62. The van der Waals surface area contributed by atoms with Crippen molar-refractivity contribution < 1.29 is 9.47 Å². The molecule has 2 rings (SSSR count). The van der Waals surface area contributed by atoms with E-state index in [9.17, 15) is 0 Å². The zero-order valence-electron chi connectivity index (χ0n) is 14.9. The highest BCUT2D eigenvalue weighted by atomic mass is 16.5. The van der Waals surface area contributed by atoms with Crippen LogP contribution < -0.4 is 20.1 Å². The van der Waals surface area contributed by atoms with Crippen molar-refractivity contribution in [2.45, 2.75) is 13.3 Å². The van der Waals surface area contributed by atoms with Crippen LogP contribution in [0.2, 0.25) is 0 Å². The third kappa shape index (κ3) is 7.12. The predicted octanol–water partition coefficient (Wildman–Crippen LogP) is 2.27. The van der Waals surface area contributed by atoms with Gasteiger partial charge in [0.1, 0.15) is 18.1 Å². The highest BCUT2D eigenvalue weighted by Gasteiger charge is 1.99. The Balaban J connectivity index is 1.73. The number of guanidine groups is 1. The van der Waals surface area contributed by atoms with Crippen molar-refractivity contribution in [2.75, 3.05) is 33.4 Å². The maximum Gasteiger partial charge on any atom is 0.191 e. The summed E-state index contributed by atoms with van der Waals surface area (Å²) in [5, 5.41) is 6.50. The highest BCUT2D eigenvalue weighted by molar-refractivity contribution is 5.79. The summed E-state index contributed by atoms with van der Waals surface area (Å²) < 4.78 is 10.9. The first kappa shape index (κ1) is 18.6. The number of hydrogen-bond donors (Lipinski definition) is 2. The minimum Gasteiger partial charge on any atom is -0.497 e. The summed E-state index contributed by atoms with van der Waals surface area (Å²) >= 11 is 0. The van der Waals surface area contributed by atoms with Gasteiger partial charge in [0.15, 0.2) is 5.96 Å². The number of nitrogens with one attached hydrogen (secondary N) is 2. The molecule has 0 saturated carbocycles. The van der Waals surface area contributed by atoms with Crippen LogP contribution in [0, 0.1) is 0 Å². The van der Waals surface area contributed by atoms with Crippen LogP contribution in [0.1, 0.15) is 12.6 Å². The minimum atomic E-state index is 0.540. The van der Waals surface area contributed by atoms with Crippen LogP contribution in [0.3, 0.4) is 0 Å². The van der Waals surface area contributed by atoms with Gasteiger partial charge in [-0.1, -0.05) is 12.1 Å². The Morgan fingerprint density at radius 1 is 1.12 bits per heavy atom. The van der Waals surface area contributed by atoms with Gasteiger partial charge in [-0.05, 0) is 31.2 Å². The molecule has 0 atom stereocenters. The first-order valence-corrected chi connectivity index (χ1v) is 8.50. The molecule has 0 spiro atoms. The summed E-state index contributed by atoms with van der Waals surface area (Å²) in [6, 6.07) is 13.5. The number of aliphatic imine (C=N–C) groups is 1. The summed E-state index contributed by atoms with van der Waals surface area (Å²) in [5.41, 5.74) is 1.04. The van der Waals surface area contributed by atoms with Gasteiger partial charge in [0.05, 0.1) is 13.7 Å². The number of benzene rings is 1. The Labute approximate surface area is 149 Å². The number of aromatic nitrogens is 1. The number of hydrogen-bond acceptors (Lipinski definition) is 4. The molecular weight excluding hydrogens is 316 g/mol. The van der Waals surface area contributed by atoms with Crippen molar-refractivity contribution in [3.63, 3.8) is 0 Å². The molecule has 0 amide bonds. The molecule has 1 aromatic carbocycles. The van der Waals surface area contributed by atoms with Crippen molar-refractivity contribution in [1.82, 2.24) is 15.6 Å². The van der Waals surface area contributed by atoms with E-state index in [-0.39, 0.29) is 0 Å². The van der Waals surface area contributed by atoms with Crippen molar-refractivity contribution in [1.29, 1.82) is 0 Å². The van der Waals surface area contributed by atoms with Gasteiger partial charge < -0.3 is 20.1 Å². The summed E-state index contributed by atoms with van der Waals surface area (Å²) in [7, 11) is 1.64. The van der Waals surface area contributed by atoms with Gasteiger partial charge in [-0.2, -0.15) is 0 Å². The van der Waals surface area contributed by atoms with E-state index in [4.69, 9.17) is 9.47 Å². The minimum absolute atomic E-state index is 0.540. The van der Waals surface area contributed by atoms with E-state index in [0.717, 1.165) is 36.1 Å². The first-order chi connectivity index (χ1) is 12.3. The molecule has 0 bridgehead atoms. The van der Waals surface area contributed by atoms with Gasteiger partial charge in [-0.25, -0.2) is 0 Å². The molecule has 0 aliphatic carbocycles. The zero-order chi connectivity index (χ0) is 17.7. The van der Waals surface area contributed by atoms with Crippen LogP contribution in [0.4, 0.5) is 0 Å². The molecule has 6 heteroatoms. The van der Waals surface area contributed by atoms with Gasteiger partial charge in [-0.3, -0.25) is 9.98 Å². The van der Waals surface area contributed by atoms with E-state index in [1.165, 1.54) is 0 Å². The molecule has 0 aliphatic rings. The van der Waals surface area contributed by atoms with Crippen LogP contribution in [0.15, 0.2) is 53.7 Å². The van der Waals surface area contributed by atoms with E-state index < -0.39 is 0 Å². The number of methoxy groups -OCH3 is 1. The maximum atomic E-state index is 5.72. The molecule has 1 aromatic heterocycles. The lowest BCUT2D eigenvalue weighted by atomic mass is 10.3. The first-order valence-electron chi connectivity index (χ1n) is 8.50. The molecular formula is C19H26N4O2. The van der Waals surface area contributed by atoms with Crippen LogP contribution in [-0.4, -0.2) is 44.3 Å². The standard InChI is InChI=1S/C19H26N4O2/c1-3-20-19(22-12-10-16-7-4-5-11-21-16)23-13-14-25-18-9-6-8-17(15-18)24-2/h4-9,11,15H,3,10,12-14H2,1-2H3,(H2,20,22,23). The second kappa shape index (κ2) is 10.9. The number of rotatable bonds is 9. The van der Waals surface area contributed by atoms with Crippen molar-refractivity contribution in [3.05, 3.63) is 54.4 Å². The molecule has 25 heavy (non-hydrogen) atoms. The van der Waals surface area contributed by atoms with Crippen molar-refractivity contribution in [3.8, 4) is 11.5 Å². The summed E-state index contributed by atoms with van der Waals surface area (Å²) in [4.78, 5) is 8.86. The molecule has 134 valence electrons. The van der Waals surface area contributed by atoms with Gasteiger partial charge in [0.2, 0.25) is 0 Å². The Morgan fingerprint density at radius 2 is 2.00 bits per heavy atom. The average molecular weight is 342 g/mol. The Hall–Kier alpha value is -2.76. The Kier molecular flexibility index (Phi) is 8.11. The van der Waals surface area contributed by atoms with E-state index in [0.29, 0.717) is 19.7 Å². The topological polar surface area (TPSA) is 67.8 Å². The lowest BCUT2D eigenvalue weighted by molar-refractivity contribution is 0.319. The van der Waals surface area contributed by atoms with E-state index in [1.807, 2.05) is 49.4 Å². The smallest absolute Gasteiger partial charge is 0.191 e. The van der Waals surface area contributed by atoms with Crippen LogP contribution in [0.25, 0.3) is 0 Å². The monoisotopic (exact) mass is 342 g/mol. The molecule has 0 fully saturated rings. The third-order valence-corrected chi connectivity index (χ3v) is 3.41. The third-order valence-electron chi connectivity index (χ3n) is 3.41. The molecule has 1 heterocycles. The normalized spacial score (nSPS) is 11.0. The van der Waals surface area contributed by atoms with Crippen LogP contribution in [0.5, 0.6) is 11.5 Å². The van der Waals surface area contributed by atoms with Crippen LogP contribution in [-0.2, 0) is 6.42 Å². The number of pyridine rings is 1.